The number of para-hydroxylation sites is 5. The summed E-state index contributed by atoms with van der Waals surface area (Å²) in [6.45, 7) is -0.275. The number of benzene rings is 8. The lowest BCUT2D eigenvalue weighted by atomic mass is 9.51. The van der Waals surface area contributed by atoms with Crippen molar-refractivity contribution in [3.8, 4) is 56.3 Å². The molecule has 0 unspecified atom stereocenters. The van der Waals surface area contributed by atoms with Gasteiger partial charge in [-0.3, -0.25) is 0 Å². The number of hydrogen-bond donors (Lipinski definition) is 0. The maximum atomic E-state index is 6.90. The van der Waals surface area contributed by atoms with Gasteiger partial charge in [0.1, 0.15) is 28.4 Å². The van der Waals surface area contributed by atoms with E-state index in [4.69, 9.17) is 13.8 Å². The molecule has 8 aromatic carbocycles. The van der Waals surface area contributed by atoms with Crippen molar-refractivity contribution in [1.82, 2.24) is 4.57 Å². The second kappa shape index (κ2) is 10.8. The van der Waals surface area contributed by atoms with Gasteiger partial charge >= 0.3 is 6.92 Å². The van der Waals surface area contributed by atoms with E-state index in [1.807, 2.05) is 24.3 Å². The van der Waals surface area contributed by atoms with E-state index in [1.54, 1.807) is 0 Å². The molecule has 246 valence electrons. The second-order valence-corrected chi connectivity index (χ2v) is 14.0. The second-order valence-electron chi connectivity index (χ2n) is 14.0. The molecule has 2 aliphatic heterocycles. The number of furan rings is 1. The predicted molar refractivity (Wildman–Crippen MR) is 217 cm³/mol. The molecule has 5 heteroatoms. The zero-order chi connectivity index (χ0) is 34.6. The molecule has 2 aliphatic rings. The molecule has 0 N–H and O–H groups in total. The van der Waals surface area contributed by atoms with Crippen LogP contribution < -0.4 is 20.3 Å². The Morgan fingerprint density at radius 1 is 0.434 bits per heavy atom. The highest BCUT2D eigenvalue weighted by Crippen LogP contribution is 2.44. The van der Waals surface area contributed by atoms with Crippen LogP contribution in [0.5, 0.6) is 17.2 Å². The van der Waals surface area contributed by atoms with Crippen molar-refractivity contribution >= 4 is 61.6 Å². The first-order valence-electron chi connectivity index (χ1n) is 18.0. The van der Waals surface area contributed by atoms with Gasteiger partial charge in [0.25, 0.3) is 0 Å². The minimum absolute atomic E-state index is 0.275. The van der Waals surface area contributed by atoms with Crippen molar-refractivity contribution in [2.75, 3.05) is 0 Å². The van der Waals surface area contributed by atoms with Crippen molar-refractivity contribution < 1.29 is 13.8 Å². The van der Waals surface area contributed by atoms with Gasteiger partial charge in [0, 0.05) is 49.7 Å². The van der Waals surface area contributed by atoms with Crippen LogP contribution in [-0.4, -0.2) is 11.5 Å². The summed E-state index contributed by atoms with van der Waals surface area (Å²) in [5.41, 5.74) is 13.8. The summed E-state index contributed by atoms with van der Waals surface area (Å²) in [5.74, 6) is 2.50. The van der Waals surface area contributed by atoms with Gasteiger partial charge in [-0.05, 0) is 70.8 Å². The summed E-state index contributed by atoms with van der Waals surface area (Å²) < 4.78 is 22.4. The van der Waals surface area contributed by atoms with Crippen LogP contribution in [0.15, 0.2) is 174 Å². The topological polar surface area (TPSA) is 36.5 Å². The Balaban J connectivity index is 1.05. The van der Waals surface area contributed by atoms with Crippen molar-refractivity contribution in [1.29, 1.82) is 0 Å². The predicted octanol–water partition coefficient (Wildman–Crippen LogP) is 11.3. The molecule has 2 aromatic heterocycles. The molecule has 0 saturated heterocycles. The average molecular weight is 678 g/mol. The first-order valence-corrected chi connectivity index (χ1v) is 18.0. The zero-order valence-electron chi connectivity index (χ0n) is 28.4. The summed E-state index contributed by atoms with van der Waals surface area (Å²) in [5, 5.41) is 4.71. The van der Waals surface area contributed by atoms with E-state index in [2.05, 4.69) is 150 Å². The van der Waals surface area contributed by atoms with E-state index in [0.29, 0.717) is 0 Å². The van der Waals surface area contributed by atoms with Gasteiger partial charge in [0.05, 0.1) is 16.7 Å². The normalized spacial score (nSPS) is 12.8. The molecule has 0 atom stereocenters. The highest BCUT2D eigenvalue weighted by Gasteiger charge is 2.41. The van der Waals surface area contributed by atoms with Crippen molar-refractivity contribution in [2.24, 2.45) is 0 Å². The first-order chi connectivity index (χ1) is 26.3. The number of ether oxygens (including phenoxy) is 1. The fraction of sp³-hybridized carbons (Fsp3) is 0. The molecule has 10 aromatic rings. The van der Waals surface area contributed by atoms with E-state index in [9.17, 15) is 0 Å². The lowest BCUT2D eigenvalue weighted by Gasteiger charge is -2.33. The van der Waals surface area contributed by atoms with Gasteiger partial charge in [-0.15, -0.1) is 0 Å². The largest absolute Gasteiger partial charge is 0.551 e. The van der Waals surface area contributed by atoms with Crippen LogP contribution in [0.4, 0.5) is 0 Å². The summed E-state index contributed by atoms with van der Waals surface area (Å²) in [6, 6.07) is 60.0. The molecule has 0 saturated carbocycles. The van der Waals surface area contributed by atoms with Crippen LogP contribution in [0, 0.1) is 0 Å². The van der Waals surface area contributed by atoms with Crippen molar-refractivity contribution in [2.45, 2.75) is 0 Å². The lowest BCUT2D eigenvalue weighted by Crippen LogP contribution is -2.53. The highest BCUT2D eigenvalue weighted by molar-refractivity contribution is 6.84. The molecular formula is C48H28BNO3. The Morgan fingerprint density at radius 3 is 2.00 bits per heavy atom. The summed E-state index contributed by atoms with van der Waals surface area (Å²) in [6.07, 6.45) is 0. The van der Waals surface area contributed by atoms with E-state index < -0.39 is 0 Å². The number of fused-ring (bicyclic) bond motifs is 10. The van der Waals surface area contributed by atoms with Gasteiger partial charge < -0.3 is 18.4 Å². The highest BCUT2D eigenvalue weighted by atomic mass is 16.5. The Hall–Kier alpha value is -6.98. The quantitative estimate of drug-likeness (QED) is 0.175. The van der Waals surface area contributed by atoms with Crippen molar-refractivity contribution in [3.05, 3.63) is 170 Å². The summed E-state index contributed by atoms with van der Waals surface area (Å²) in [7, 11) is 0. The standard InChI is InChI=1S/C48H28BNO3/c1-5-19-41-34(13-1)35-14-2-6-20-42(35)50(41)32-27-39-38-26-30(23-24-44(38)53-49-40-18-4-8-22-45(40)51-46(28-32)47(39)49)29-11-9-12-31(25-29)33-16-10-17-37-36-15-3-7-21-43(36)52-48(33)37/h1-28H. The molecule has 0 amide bonds. The molecule has 4 heterocycles. The molecule has 0 radical (unpaired) electrons. The van der Waals surface area contributed by atoms with Crippen LogP contribution >= 0.6 is 0 Å². The Labute approximate surface area is 305 Å². The van der Waals surface area contributed by atoms with E-state index in [0.717, 1.165) is 100 Å². The molecule has 0 fully saturated rings. The fourth-order valence-corrected chi connectivity index (χ4v) is 8.70. The average Bonchev–Trinajstić information content (AvgIpc) is 3.77. The van der Waals surface area contributed by atoms with Gasteiger partial charge in [-0.25, -0.2) is 0 Å². The van der Waals surface area contributed by atoms with Gasteiger partial charge in [-0.2, -0.15) is 0 Å². The van der Waals surface area contributed by atoms with Crippen LogP contribution in [0.1, 0.15) is 0 Å². The summed E-state index contributed by atoms with van der Waals surface area (Å²) in [4.78, 5) is 0. The van der Waals surface area contributed by atoms with Gasteiger partial charge in [-0.1, -0.05) is 115 Å². The monoisotopic (exact) mass is 677 g/mol. The van der Waals surface area contributed by atoms with Gasteiger partial charge in [0.15, 0.2) is 0 Å². The molecule has 53 heavy (non-hydrogen) atoms. The minimum atomic E-state index is -0.275. The summed E-state index contributed by atoms with van der Waals surface area (Å²) >= 11 is 0. The molecule has 12 rings (SSSR count). The number of rotatable bonds is 3. The molecule has 0 aliphatic carbocycles. The SMILES string of the molecule is c1cc(-c2ccc3c(c2)-c2cc(-n4c5ccccc5c5ccccc54)cc4c2B(O3)c2ccccc2O4)cc(-c2cccc3c2oc2ccccc23)c1. The maximum Gasteiger partial charge on any atom is 0.434 e. The third-order valence-corrected chi connectivity index (χ3v) is 11.1. The van der Waals surface area contributed by atoms with Crippen LogP contribution in [-0.2, 0) is 0 Å². The maximum absolute atomic E-state index is 6.90. The third-order valence-electron chi connectivity index (χ3n) is 11.1. The Bertz CT molecular complexity index is 3100. The van der Waals surface area contributed by atoms with Crippen LogP contribution in [0.25, 0.3) is 82.8 Å². The van der Waals surface area contributed by atoms with Gasteiger partial charge in [0.2, 0.25) is 0 Å². The minimum Gasteiger partial charge on any atom is -0.551 e. The smallest absolute Gasteiger partial charge is 0.434 e. The van der Waals surface area contributed by atoms with Crippen LogP contribution in [0.2, 0.25) is 0 Å². The molecule has 4 nitrogen and oxygen atoms in total. The first kappa shape index (κ1) is 28.7. The van der Waals surface area contributed by atoms with Crippen LogP contribution in [0.3, 0.4) is 0 Å². The third kappa shape index (κ3) is 4.13. The molecule has 0 bridgehead atoms. The van der Waals surface area contributed by atoms with Crippen molar-refractivity contribution in [3.63, 3.8) is 0 Å². The Kier molecular flexibility index (Phi) is 5.83. The Morgan fingerprint density at radius 2 is 1.13 bits per heavy atom. The fourth-order valence-electron chi connectivity index (χ4n) is 8.70. The molecule has 0 spiro atoms. The number of aromatic nitrogens is 1. The van der Waals surface area contributed by atoms with E-state index in [1.165, 1.54) is 10.8 Å². The molecular weight excluding hydrogens is 649 g/mol. The number of nitrogens with zero attached hydrogens (tertiary/aromatic N) is 1. The zero-order valence-corrected chi connectivity index (χ0v) is 28.4. The van der Waals surface area contributed by atoms with E-state index >= 15 is 0 Å². The number of hydrogen-bond acceptors (Lipinski definition) is 3. The lowest BCUT2D eigenvalue weighted by molar-refractivity contribution is 0.479. The van der Waals surface area contributed by atoms with E-state index in [-0.39, 0.29) is 6.92 Å².